The molecular formula is C13H10BrClS. The van der Waals surface area contributed by atoms with Gasteiger partial charge in [-0.1, -0.05) is 39.7 Å². The first kappa shape index (κ1) is 12.0. The molecule has 0 bridgehead atoms. The Morgan fingerprint density at radius 1 is 1.06 bits per heavy atom. The van der Waals surface area contributed by atoms with Gasteiger partial charge in [0.15, 0.2) is 0 Å². The quantitative estimate of drug-likeness (QED) is 0.660. The molecule has 0 aliphatic rings. The maximum Gasteiger partial charge on any atom is 0.0412 e. The average molecular weight is 314 g/mol. The van der Waals surface area contributed by atoms with Crippen molar-refractivity contribution in [2.75, 3.05) is 6.26 Å². The van der Waals surface area contributed by atoms with Crippen LogP contribution < -0.4 is 0 Å². The smallest absolute Gasteiger partial charge is 0.0412 e. The van der Waals surface area contributed by atoms with E-state index in [0.717, 1.165) is 9.50 Å². The Bertz CT molecular complexity index is 494. The Balaban J connectivity index is 2.53. The molecule has 0 saturated carbocycles. The molecular weight excluding hydrogens is 304 g/mol. The molecule has 3 heteroatoms. The summed E-state index contributed by atoms with van der Waals surface area (Å²) in [6.45, 7) is 0. The highest BCUT2D eigenvalue weighted by Gasteiger charge is 2.05. The second-order valence-corrected chi connectivity index (χ2v) is 5.55. The molecule has 0 fully saturated rings. The lowest BCUT2D eigenvalue weighted by molar-refractivity contribution is 1.44. The van der Waals surface area contributed by atoms with Crippen molar-refractivity contribution < 1.29 is 0 Å². The van der Waals surface area contributed by atoms with Crippen LogP contribution in [0.15, 0.2) is 51.8 Å². The summed E-state index contributed by atoms with van der Waals surface area (Å²) in [6.07, 6.45) is 2.07. The molecule has 2 aromatic carbocycles. The molecule has 82 valence electrons. The first-order chi connectivity index (χ1) is 7.70. The summed E-state index contributed by atoms with van der Waals surface area (Å²) in [5.74, 6) is 0. The van der Waals surface area contributed by atoms with Crippen molar-refractivity contribution in [2.24, 2.45) is 0 Å². The summed E-state index contributed by atoms with van der Waals surface area (Å²) in [5.41, 5.74) is 2.38. The monoisotopic (exact) mass is 312 g/mol. The van der Waals surface area contributed by atoms with Crippen LogP contribution in [0.4, 0.5) is 0 Å². The summed E-state index contributed by atoms with van der Waals surface area (Å²) in [7, 11) is 0. The van der Waals surface area contributed by atoms with Crippen LogP contribution in [0.5, 0.6) is 0 Å². The summed E-state index contributed by atoms with van der Waals surface area (Å²) in [4.78, 5) is 1.24. The van der Waals surface area contributed by atoms with Crippen LogP contribution in [0.25, 0.3) is 11.1 Å². The third-order valence-corrected chi connectivity index (χ3v) is 3.88. The molecule has 0 aliphatic heterocycles. The summed E-state index contributed by atoms with van der Waals surface area (Å²) < 4.78 is 1.09. The minimum atomic E-state index is 0.774. The number of benzene rings is 2. The normalized spacial score (nSPS) is 10.4. The lowest BCUT2D eigenvalue weighted by Crippen LogP contribution is -1.82. The average Bonchev–Trinajstić information content (AvgIpc) is 2.30. The van der Waals surface area contributed by atoms with Gasteiger partial charge in [0.1, 0.15) is 0 Å². The summed E-state index contributed by atoms with van der Waals surface area (Å²) >= 11 is 11.2. The molecule has 0 aromatic heterocycles. The van der Waals surface area contributed by atoms with Crippen LogP contribution >= 0.6 is 39.3 Å². The third-order valence-electron chi connectivity index (χ3n) is 2.32. The van der Waals surface area contributed by atoms with E-state index < -0.39 is 0 Å². The largest absolute Gasteiger partial charge is 0.129 e. The predicted octanol–water partition coefficient (Wildman–Crippen LogP) is 5.49. The second kappa shape index (κ2) is 5.26. The molecule has 0 N–H and O–H groups in total. The number of hydrogen-bond donors (Lipinski definition) is 0. The number of thioether (sulfide) groups is 1. The number of rotatable bonds is 2. The Hall–Kier alpha value is -0.440. The molecule has 0 radical (unpaired) electrons. The number of hydrogen-bond acceptors (Lipinski definition) is 1. The van der Waals surface area contributed by atoms with Crippen molar-refractivity contribution in [1.82, 2.24) is 0 Å². The first-order valence-electron chi connectivity index (χ1n) is 4.80. The van der Waals surface area contributed by atoms with Gasteiger partial charge in [-0.25, -0.2) is 0 Å². The minimum Gasteiger partial charge on any atom is -0.129 e. The van der Waals surface area contributed by atoms with Gasteiger partial charge in [0, 0.05) is 14.4 Å². The Kier molecular flexibility index (Phi) is 3.95. The molecule has 16 heavy (non-hydrogen) atoms. The lowest BCUT2D eigenvalue weighted by atomic mass is 10.1. The van der Waals surface area contributed by atoms with Crippen molar-refractivity contribution in [3.05, 3.63) is 52.0 Å². The molecule has 2 rings (SSSR count). The second-order valence-electron chi connectivity index (χ2n) is 3.35. The highest BCUT2D eigenvalue weighted by Crippen LogP contribution is 2.33. The number of halogens is 2. The topological polar surface area (TPSA) is 0 Å². The van der Waals surface area contributed by atoms with Gasteiger partial charge in [-0.2, -0.15) is 0 Å². The SMILES string of the molecule is CSc1ccc(Cl)cc1-c1ccc(Br)cc1. The van der Waals surface area contributed by atoms with Gasteiger partial charge in [0.25, 0.3) is 0 Å². The first-order valence-corrected chi connectivity index (χ1v) is 7.20. The van der Waals surface area contributed by atoms with Gasteiger partial charge in [0.2, 0.25) is 0 Å². The predicted molar refractivity (Wildman–Crippen MR) is 76.4 cm³/mol. The Morgan fingerprint density at radius 3 is 2.38 bits per heavy atom. The van der Waals surface area contributed by atoms with E-state index in [1.807, 2.05) is 24.3 Å². The molecule has 0 spiro atoms. The van der Waals surface area contributed by atoms with E-state index in [1.54, 1.807) is 11.8 Å². The molecule has 0 heterocycles. The van der Waals surface area contributed by atoms with E-state index in [2.05, 4.69) is 40.4 Å². The van der Waals surface area contributed by atoms with Crippen molar-refractivity contribution >= 4 is 39.3 Å². The van der Waals surface area contributed by atoms with Crippen LogP contribution in [0.2, 0.25) is 5.02 Å². The van der Waals surface area contributed by atoms with Crippen molar-refractivity contribution in [1.29, 1.82) is 0 Å². The summed E-state index contributed by atoms with van der Waals surface area (Å²) in [5, 5.41) is 0.774. The fourth-order valence-electron chi connectivity index (χ4n) is 1.54. The molecule has 0 saturated heterocycles. The Labute approximate surface area is 113 Å². The van der Waals surface area contributed by atoms with Gasteiger partial charge in [-0.15, -0.1) is 11.8 Å². The molecule has 0 nitrogen and oxygen atoms in total. The lowest BCUT2D eigenvalue weighted by Gasteiger charge is -2.08. The van der Waals surface area contributed by atoms with E-state index in [1.165, 1.54) is 16.0 Å². The molecule has 0 unspecified atom stereocenters. The zero-order valence-corrected chi connectivity index (χ0v) is 11.9. The molecule has 0 amide bonds. The standard InChI is InChI=1S/C13H10BrClS/c1-16-13-7-6-11(15)8-12(13)9-2-4-10(14)5-3-9/h2-8H,1H3. The summed E-state index contributed by atoms with van der Waals surface area (Å²) in [6, 6.07) is 14.3. The fourth-order valence-corrected chi connectivity index (χ4v) is 2.57. The van der Waals surface area contributed by atoms with Gasteiger partial charge in [-0.05, 0) is 47.7 Å². The van der Waals surface area contributed by atoms with Crippen LogP contribution in [-0.2, 0) is 0 Å². The van der Waals surface area contributed by atoms with Crippen molar-refractivity contribution in [3.63, 3.8) is 0 Å². The minimum absolute atomic E-state index is 0.774. The van der Waals surface area contributed by atoms with E-state index in [9.17, 15) is 0 Å². The van der Waals surface area contributed by atoms with E-state index in [-0.39, 0.29) is 0 Å². The van der Waals surface area contributed by atoms with E-state index in [0.29, 0.717) is 0 Å². The zero-order chi connectivity index (χ0) is 11.5. The highest BCUT2D eigenvalue weighted by molar-refractivity contribution is 9.10. The maximum absolute atomic E-state index is 6.04. The van der Waals surface area contributed by atoms with Gasteiger partial charge in [-0.3, -0.25) is 0 Å². The fraction of sp³-hybridized carbons (Fsp3) is 0.0769. The third kappa shape index (κ3) is 2.62. The van der Waals surface area contributed by atoms with E-state index >= 15 is 0 Å². The highest BCUT2D eigenvalue weighted by atomic mass is 79.9. The molecule has 2 aromatic rings. The Morgan fingerprint density at radius 2 is 1.75 bits per heavy atom. The van der Waals surface area contributed by atoms with Crippen LogP contribution in [0, 0.1) is 0 Å². The zero-order valence-electron chi connectivity index (χ0n) is 8.71. The van der Waals surface area contributed by atoms with Gasteiger partial charge < -0.3 is 0 Å². The van der Waals surface area contributed by atoms with Crippen molar-refractivity contribution in [3.8, 4) is 11.1 Å². The van der Waals surface area contributed by atoms with Crippen LogP contribution in [0.1, 0.15) is 0 Å². The van der Waals surface area contributed by atoms with Gasteiger partial charge in [0.05, 0.1) is 0 Å². The van der Waals surface area contributed by atoms with Crippen LogP contribution in [-0.4, -0.2) is 6.26 Å². The van der Waals surface area contributed by atoms with Gasteiger partial charge >= 0.3 is 0 Å². The maximum atomic E-state index is 6.04. The van der Waals surface area contributed by atoms with Crippen LogP contribution in [0.3, 0.4) is 0 Å². The van der Waals surface area contributed by atoms with Crippen molar-refractivity contribution in [2.45, 2.75) is 4.90 Å². The van der Waals surface area contributed by atoms with E-state index in [4.69, 9.17) is 11.6 Å². The molecule has 0 aliphatic carbocycles. The molecule has 0 atom stereocenters.